The Morgan fingerprint density at radius 2 is 1.79 bits per heavy atom. The lowest BCUT2D eigenvalue weighted by Crippen LogP contribution is -2.42. The number of aromatic nitrogens is 2. The smallest absolute Gasteiger partial charge is 0.226 e. The summed E-state index contributed by atoms with van der Waals surface area (Å²) in [5.74, 6) is 1.69. The van der Waals surface area contributed by atoms with E-state index < -0.39 is 0 Å². The zero-order chi connectivity index (χ0) is 23.5. The average molecular weight is 480 g/mol. The molecule has 6 rings (SSSR count). The first-order chi connectivity index (χ1) is 16.8. The van der Waals surface area contributed by atoms with Gasteiger partial charge in [-0.2, -0.15) is 0 Å². The number of para-hydroxylation sites is 1. The van der Waals surface area contributed by atoms with Gasteiger partial charge in [-0.05, 0) is 18.4 Å². The van der Waals surface area contributed by atoms with Gasteiger partial charge in [-0.3, -0.25) is 4.90 Å². The van der Waals surface area contributed by atoms with Gasteiger partial charge in [-0.15, -0.1) is 11.3 Å². The summed E-state index contributed by atoms with van der Waals surface area (Å²) in [6, 6.07) is 8.23. The standard InChI is InChI=1S/C24H27N5O2S.C2H6/c1-16-20(18-4-2-3-5-19(18)31-16)22-23-21(26-24(27-22)29-10-12-30-13-11-29)17(15-32-23)14-28-8-6-25-7-9-28;1-2/h2-5,15,25H,6-14H2,1H3;1-2H3. The zero-order valence-electron chi connectivity index (χ0n) is 20.3. The minimum absolute atomic E-state index is 0.710. The number of piperazine rings is 1. The van der Waals surface area contributed by atoms with Crippen molar-refractivity contribution >= 4 is 38.5 Å². The minimum Gasteiger partial charge on any atom is -0.461 e. The Bertz CT molecular complexity index is 1260. The third-order valence-corrected chi connectivity index (χ3v) is 7.41. The molecule has 34 heavy (non-hydrogen) atoms. The number of nitrogens with one attached hydrogen (secondary N) is 1. The maximum absolute atomic E-state index is 6.11. The number of hydrogen-bond donors (Lipinski definition) is 1. The molecule has 2 aliphatic heterocycles. The molecule has 5 heterocycles. The van der Waals surface area contributed by atoms with Crippen molar-refractivity contribution < 1.29 is 9.15 Å². The summed E-state index contributed by atoms with van der Waals surface area (Å²) in [5.41, 5.74) is 5.33. The predicted octanol–water partition coefficient (Wildman–Crippen LogP) is 4.68. The molecule has 1 aromatic carbocycles. The van der Waals surface area contributed by atoms with Gasteiger partial charge in [0.25, 0.3) is 0 Å². The van der Waals surface area contributed by atoms with Gasteiger partial charge in [-0.25, -0.2) is 9.97 Å². The van der Waals surface area contributed by atoms with Gasteiger partial charge >= 0.3 is 0 Å². The number of nitrogens with zero attached hydrogens (tertiary/aromatic N) is 4. The van der Waals surface area contributed by atoms with Gasteiger partial charge in [0.15, 0.2) is 0 Å². The second kappa shape index (κ2) is 10.4. The Hall–Kier alpha value is -2.52. The van der Waals surface area contributed by atoms with Gasteiger partial charge in [0.2, 0.25) is 5.95 Å². The van der Waals surface area contributed by atoms with E-state index in [0.717, 1.165) is 90.0 Å². The fraction of sp³-hybridized carbons (Fsp3) is 0.462. The van der Waals surface area contributed by atoms with Crippen LogP contribution < -0.4 is 10.2 Å². The predicted molar refractivity (Wildman–Crippen MR) is 140 cm³/mol. The van der Waals surface area contributed by atoms with E-state index in [1.807, 2.05) is 32.9 Å². The van der Waals surface area contributed by atoms with E-state index in [1.54, 1.807) is 11.3 Å². The molecule has 2 aliphatic rings. The number of rotatable bonds is 4. The number of ether oxygens (including phenoxy) is 1. The number of thiophene rings is 1. The van der Waals surface area contributed by atoms with Crippen molar-refractivity contribution in [2.24, 2.45) is 0 Å². The highest BCUT2D eigenvalue weighted by Gasteiger charge is 2.24. The zero-order valence-corrected chi connectivity index (χ0v) is 21.1. The van der Waals surface area contributed by atoms with Crippen molar-refractivity contribution in [1.82, 2.24) is 20.2 Å². The first kappa shape index (κ1) is 23.2. The van der Waals surface area contributed by atoms with Crippen LogP contribution in [0, 0.1) is 6.92 Å². The highest BCUT2D eigenvalue weighted by Crippen LogP contribution is 2.40. The summed E-state index contributed by atoms with van der Waals surface area (Å²) < 4.78 is 12.8. The second-order valence-corrected chi connectivity index (χ2v) is 9.35. The molecule has 8 heteroatoms. The van der Waals surface area contributed by atoms with E-state index in [0.29, 0.717) is 13.2 Å². The van der Waals surface area contributed by atoms with Crippen LogP contribution >= 0.6 is 11.3 Å². The Morgan fingerprint density at radius 3 is 2.59 bits per heavy atom. The van der Waals surface area contributed by atoms with Crippen LogP contribution in [-0.4, -0.2) is 67.4 Å². The van der Waals surface area contributed by atoms with Crippen LogP contribution in [-0.2, 0) is 11.3 Å². The van der Waals surface area contributed by atoms with Crippen LogP contribution in [0.15, 0.2) is 34.1 Å². The number of anilines is 1. The fourth-order valence-electron chi connectivity index (χ4n) is 4.71. The number of hydrogen-bond acceptors (Lipinski definition) is 8. The maximum atomic E-state index is 6.11. The molecule has 0 amide bonds. The Labute approximate surface area is 204 Å². The molecule has 4 aromatic rings. The molecule has 7 nitrogen and oxygen atoms in total. The first-order valence-electron chi connectivity index (χ1n) is 12.3. The van der Waals surface area contributed by atoms with Crippen molar-refractivity contribution in [2.45, 2.75) is 27.3 Å². The van der Waals surface area contributed by atoms with Crippen molar-refractivity contribution in [3.05, 3.63) is 41.0 Å². The lowest BCUT2D eigenvalue weighted by molar-refractivity contribution is 0.122. The minimum atomic E-state index is 0.710. The molecule has 2 fully saturated rings. The van der Waals surface area contributed by atoms with Gasteiger partial charge in [0.1, 0.15) is 11.3 Å². The van der Waals surface area contributed by atoms with Crippen LogP contribution in [0.5, 0.6) is 0 Å². The Balaban J connectivity index is 0.00000117. The van der Waals surface area contributed by atoms with Crippen molar-refractivity contribution in [2.75, 3.05) is 57.4 Å². The number of benzene rings is 1. The third kappa shape index (κ3) is 4.43. The lowest BCUT2D eigenvalue weighted by atomic mass is 10.1. The normalized spacial score (nSPS) is 17.2. The first-order valence-corrected chi connectivity index (χ1v) is 13.2. The SMILES string of the molecule is CC.Cc1oc2ccccc2c1-c1nc(N2CCOCC2)nc2c(CN3CCNCC3)csc12. The highest BCUT2D eigenvalue weighted by molar-refractivity contribution is 7.17. The van der Waals surface area contributed by atoms with Crippen molar-refractivity contribution in [3.63, 3.8) is 0 Å². The topological polar surface area (TPSA) is 66.7 Å². The van der Waals surface area contributed by atoms with Crippen LogP contribution in [0.1, 0.15) is 25.2 Å². The molecule has 2 saturated heterocycles. The molecule has 0 unspecified atom stereocenters. The van der Waals surface area contributed by atoms with E-state index in [1.165, 1.54) is 5.56 Å². The van der Waals surface area contributed by atoms with E-state index in [2.05, 4.69) is 32.6 Å². The van der Waals surface area contributed by atoms with Gasteiger partial charge < -0.3 is 19.4 Å². The number of morpholine rings is 1. The highest BCUT2D eigenvalue weighted by atomic mass is 32.1. The molecule has 1 N–H and O–H groups in total. The van der Waals surface area contributed by atoms with E-state index >= 15 is 0 Å². The summed E-state index contributed by atoms with van der Waals surface area (Å²) in [5, 5.41) is 6.82. The molecule has 0 aliphatic carbocycles. The average Bonchev–Trinajstić information content (AvgIpc) is 3.46. The lowest BCUT2D eigenvalue weighted by Gasteiger charge is -2.28. The summed E-state index contributed by atoms with van der Waals surface area (Å²) in [6.07, 6.45) is 0. The van der Waals surface area contributed by atoms with Gasteiger partial charge in [-0.1, -0.05) is 32.0 Å². The molecule has 180 valence electrons. The van der Waals surface area contributed by atoms with E-state index in [-0.39, 0.29) is 0 Å². The van der Waals surface area contributed by atoms with Crippen molar-refractivity contribution in [1.29, 1.82) is 0 Å². The van der Waals surface area contributed by atoms with Gasteiger partial charge in [0.05, 0.1) is 34.7 Å². The molecule has 0 bridgehead atoms. The Kier molecular flexibility index (Phi) is 7.10. The summed E-state index contributed by atoms with van der Waals surface area (Å²) >= 11 is 1.75. The van der Waals surface area contributed by atoms with Crippen LogP contribution in [0.4, 0.5) is 5.95 Å². The molecule has 0 spiro atoms. The van der Waals surface area contributed by atoms with E-state index in [4.69, 9.17) is 19.1 Å². The molecular weight excluding hydrogens is 446 g/mol. The van der Waals surface area contributed by atoms with Crippen LogP contribution in [0.2, 0.25) is 0 Å². The van der Waals surface area contributed by atoms with E-state index in [9.17, 15) is 0 Å². The van der Waals surface area contributed by atoms with Crippen LogP contribution in [0.25, 0.3) is 32.4 Å². The third-order valence-electron chi connectivity index (χ3n) is 6.38. The monoisotopic (exact) mass is 479 g/mol. The number of fused-ring (bicyclic) bond motifs is 2. The largest absolute Gasteiger partial charge is 0.461 e. The van der Waals surface area contributed by atoms with Gasteiger partial charge in [0, 0.05) is 56.8 Å². The molecule has 0 saturated carbocycles. The molecule has 0 radical (unpaired) electrons. The summed E-state index contributed by atoms with van der Waals surface area (Å²) in [4.78, 5) is 15.0. The number of aryl methyl sites for hydroxylation is 1. The summed E-state index contributed by atoms with van der Waals surface area (Å²) in [6.45, 7) is 14.2. The Morgan fingerprint density at radius 1 is 1.03 bits per heavy atom. The summed E-state index contributed by atoms with van der Waals surface area (Å²) in [7, 11) is 0. The van der Waals surface area contributed by atoms with Crippen LogP contribution in [0.3, 0.4) is 0 Å². The molecular formula is C26H33N5O2S. The quantitative estimate of drug-likeness (QED) is 0.456. The van der Waals surface area contributed by atoms with Crippen molar-refractivity contribution in [3.8, 4) is 11.3 Å². The fourth-order valence-corrected chi connectivity index (χ4v) is 5.71. The molecule has 0 atom stereocenters. The number of furan rings is 1. The molecule has 3 aromatic heterocycles. The maximum Gasteiger partial charge on any atom is 0.226 e. The second-order valence-electron chi connectivity index (χ2n) is 8.47.